The third-order valence-electron chi connectivity index (χ3n) is 4.41. The van der Waals surface area contributed by atoms with Crippen LogP contribution in [0.15, 0.2) is 34.6 Å². The molecule has 0 saturated carbocycles. The molecule has 0 unspecified atom stereocenters. The van der Waals surface area contributed by atoms with Gasteiger partial charge in [0.2, 0.25) is 5.75 Å². The molecule has 0 fully saturated rings. The zero-order valence-electron chi connectivity index (χ0n) is 16.6. The fraction of sp³-hybridized carbons (Fsp3) is 0.400. The van der Waals surface area contributed by atoms with E-state index >= 15 is 0 Å². The van der Waals surface area contributed by atoms with Crippen molar-refractivity contribution in [2.75, 3.05) is 27.9 Å². The molecule has 3 aromatic rings. The summed E-state index contributed by atoms with van der Waals surface area (Å²) in [7, 11) is 4.81. The van der Waals surface area contributed by atoms with E-state index in [4.69, 9.17) is 14.2 Å². The van der Waals surface area contributed by atoms with Gasteiger partial charge in [-0.2, -0.15) is 0 Å². The molecule has 0 amide bonds. The number of ether oxygens (including phenoxy) is 3. The Labute approximate surface area is 168 Å². The van der Waals surface area contributed by atoms with Gasteiger partial charge >= 0.3 is 0 Å². The van der Waals surface area contributed by atoms with Gasteiger partial charge in [-0.25, -0.2) is 4.98 Å². The lowest BCUT2D eigenvalue weighted by Gasteiger charge is -2.22. The van der Waals surface area contributed by atoms with Gasteiger partial charge in [0, 0.05) is 30.7 Å². The average molecular weight is 404 g/mol. The molecule has 3 rings (SSSR count). The highest BCUT2D eigenvalue weighted by molar-refractivity contribution is 7.15. The Morgan fingerprint density at radius 1 is 1.07 bits per heavy atom. The Balaban J connectivity index is 1.87. The van der Waals surface area contributed by atoms with Crippen molar-refractivity contribution in [2.45, 2.75) is 26.4 Å². The van der Waals surface area contributed by atoms with Crippen LogP contribution in [0.3, 0.4) is 0 Å². The molecule has 0 saturated heterocycles. The summed E-state index contributed by atoms with van der Waals surface area (Å²) in [6.45, 7) is 4.28. The van der Waals surface area contributed by atoms with E-state index in [0.29, 0.717) is 35.3 Å². The summed E-state index contributed by atoms with van der Waals surface area (Å²) in [5, 5.41) is 1.87. The van der Waals surface area contributed by atoms with Gasteiger partial charge in [0.25, 0.3) is 5.56 Å². The zero-order valence-corrected chi connectivity index (χ0v) is 17.4. The van der Waals surface area contributed by atoms with Gasteiger partial charge in [-0.1, -0.05) is 6.92 Å². The molecule has 2 aromatic heterocycles. The highest BCUT2D eigenvalue weighted by Gasteiger charge is 2.16. The molecule has 0 aliphatic heterocycles. The fourth-order valence-electron chi connectivity index (χ4n) is 3.21. The number of fused-ring (bicyclic) bond motifs is 1. The Morgan fingerprint density at radius 3 is 2.39 bits per heavy atom. The first-order chi connectivity index (χ1) is 13.6. The van der Waals surface area contributed by atoms with Crippen LogP contribution in [-0.2, 0) is 13.1 Å². The third kappa shape index (κ3) is 4.28. The first-order valence-electron chi connectivity index (χ1n) is 9.06. The van der Waals surface area contributed by atoms with Crippen LogP contribution < -0.4 is 19.8 Å². The van der Waals surface area contributed by atoms with Crippen molar-refractivity contribution in [1.29, 1.82) is 0 Å². The van der Waals surface area contributed by atoms with E-state index in [9.17, 15) is 4.79 Å². The van der Waals surface area contributed by atoms with Crippen molar-refractivity contribution in [1.82, 2.24) is 14.3 Å². The van der Waals surface area contributed by atoms with Crippen LogP contribution >= 0.6 is 11.3 Å². The minimum Gasteiger partial charge on any atom is -0.493 e. The van der Waals surface area contributed by atoms with Crippen molar-refractivity contribution in [3.8, 4) is 17.2 Å². The fourth-order valence-corrected chi connectivity index (χ4v) is 3.95. The Bertz CT molecular complexity index is 974. The van der Waals surface area contributed by atoms with Crippen molar-refractivity contribution < 1.29 is 14.2 Å². The summed E-state index contributed by atoms with van der Waals surface area (Å²) in [6, 6.07) is 5.52. The van der Waals surface area contributed by atoms with Crippen LogP contribution in [0.1, 0.15) is 24.6 Å². The van der Waals surface area contributed by atoms with E-state index in [-0.39, 0.29) is 5.56 Å². The SMILES string of the molecule is CCCN(Cc1cc(OC)c(OC)c(OC)c1)Cc1cc(=O)n2ccsc2n1. The van der Waals surface area contributed by atoms with Gasteiger partial charge in [0.1, 0.15) is 0 Å². The molecule has 0 atom stereocenters. The normalized spacial score (nSPS) is 11.2. The number of benzene rings is 1. The second kappa shape index (κ2) is 9.07. The van der Waals surface area contributed by atoms with E-state index in [1.807, 2.05) is 17.5 Å². The average Bonchev–Trinajstić information content (AvgIpc) is 3.16. The Kier molecular flexibility index (Phi) is 6.53. The van der Waals surface area contributed by atoms with Gasteiger partial charge in [0.05, 0.1) is 27.0 Å². The molecule has 0 aliphatic carbocycles. The predicted molar refractivity (Wildman–Crippen MR) is 110 cm³/mol. The van der Waals surface area contributed by atoms with Crippen LogP contribution in [0.2, 0.25) is 0 Å². The molecule has 0 spiro atoms. The molecule has 28 heavy (non-hydrogen) atoms. The van der Waals surface area contributed by atoms with Crippen molar-refractivity contribution in [3.05, 3.63) is 51.4 Å². The molecular weight excluding hydrogens is 378 g/mol. The molecular formula is C20H25N3O4S. The summed E-state index contributed by atoms with van der Waals surface area (Å²) < 4.78 is 17.9. The van der Waals surface area contributed by atoms with Crippen LogP contribution in [0.25, 0.3) is 4.96 Å². The maximum absolute atomic E-state index is 12.3. The van der Waals surface area contributed by atoms with Gasteiger partial charge in [0.15, 0.2) is 16.5 Å². The summed E-state index contributed by atoms with van der Waals surface area (Å²) in [6.07, 6.45) is 2.74. The standard InChI is InChI=1S/C20H25N3O4S/c1-5-6-22(13-15-11-18(24)23-7-8-28-20(23)21-15)12-14-9-16(25-2)19(27-4)17(10-14)26-3/h7-11H,5-6,12-13H2,1-4H3. The molecule has 0 bridgehead atoms. The monoisotopic (exact) mass is 403 g/mol. The van der Waals surface area contributed by atoms with Gasteiger partial charge in [-0.15, -0.1) is 11.3 Å². The van der Waals surface area contributed by atoms with Crippen LogP contribution in [0.4, 0.5) is 0 Å². The second-order valence-corrected chi connectivity index (χ2v) is 7.26. The zero-order chi connectivity index (χ0) is 20.1. The number of nitrogens with zero attached hydrogens (tertiary/aromatic N) is 3. The highest BCUT2D eigenvalue weighted by Crippen LogP contribution is 2.38. The van der Waals surface area contributed by atoms with Crippen LogP contribution in [-0.4, -0.2) is 42.2 Å². The number of thiazole rings is 1. The Hall–Kier alpha value is -2.58. The second-order valence-electron chi connectivity index (χ2n) is 6.39. The van der Waals surface area contributed by atoms with E-state index in [1.165, 1.54) is 11.3 Å². The van der Waals surface area contributed by atoms with Gasteiger partial charge in [-0.05, 0) is 30.7 Å². The lowest BCUT2D eigenvalue weighted by atomic mass is 10.1. The number of hydrogen-bond acceptors (Lipinski definition) is 7. The maximum Gasteiger partial charge on any atom is 0.258 e. The molecule has 0 N–H and O–H groups in total. The van der Waals surface area contributed by atoms with Gasteiger partial charge in [-0.3, -0.25) is 14.1 Å². The predicted octanol–water partition coefficient (Wildman–Crippen LogP) is 3.19. The third-order valence-corrected chi connectivity index (χ3v) is 5.17. The first-order valence-corrected chi connectivity index (χ1v) is 9.94. The first kappa shape index (κ1) is 20.2. The van der Waals surface area contributed by atoms with E-state index in [1.54, 1.807) is 38.0 Å². The molecule has 150 valence electrons. The summed E-state index contributed by atoms with van der Waals surface area (Å²) >= 11 is 1.46. The smallest absolute Gasteiger partial charge is 0.258 e. The Morgan fingerprint density at radius 2 is 1.79 bits per heavy atom. The van der Waals surface area contributed by atoms with Crippen LogP contribution in [0, 0.1) is 0 Å². The lowest BCUT2D eigenvalue weighted by molar-refractivity contribution is 0.252. The topological polar surface area (TPSA) is 65.3 Å². The molecule has 1 aromatic carbocycles. The van der Waals surface area contributed by atoms with Crippen molar-refractivity contribution >= 4 is 16.3 Å². The number of hydrogen-bond donors (Lipinski definition) is 0. The minimum absolute atomic E-state index is 0.0505. The van der Waals surface area contributed by atoms with Crippen LogP contribution in [0.5, 0.6) is 17.2 Å². The minimum atomic E-state index is -0.0505. The molecule has 2 heterocycles. The van der Waals surface area contributed by atoms with Crippen molar-refractivity contribution in [2.24, 2.45) is 0 Å². The number of aromatic nitrogens is 2. The molecule has 7 nitrogen and oxygen atoms in total. The number of methoxy groups -OCH3 is 3. The summed E-state index contributed by atoms with van der Waals surface area (Å²) in [5.74, 6) is 1.84. The number of rotatable bonds is 9. The van der Waals surface area contributed by atoms with E-state index in [2.05, 4.69) is 16.8 Å². The van der Waals surface area contributed by atoms with Crippen molar-refractivity contribution in [3.63, 3.8) is 0 Å². The van der Waals surface area contributed by atoms with E-state index in [0.717, 1.165) is 24.2 Å². The molecule has 0 aliphatic rings. The van der Waals surface area contributed by atoms with E-state index < -0.39 is 0 Å². The lowest BCUT2D eigenvalue weighted by Crippen LogP contribution is -2.25. The molecule has 0 radical (unpaired) electrons. The quantitative estimate of drug-likeness (QED) is 0.547. The highest BCUT2D eigenvalue weighted by atomic mass is 32.1. The van der Waals surface area contributed by atoms with Gasteiger partial charge < -0.3 is 14.2 Å². The summed E-state index contributed by atoms with van der Waals surface area (Å²) in [5.41, 5.74) is 1.76. The summed E-state index contributed by atoms with van der Waals surface area (Å²) in [4.78, 5) is 19.9. The molecule has 8 heteroatoms. The maximum atomic E-state index is 12.3. The largest absolute Gasteiger partial charge is 0.493 e.